The maximum Gasteiger partial charge on any atom is 0.244 e. The van der Waals surface area contributed by atoms with E-state index < -0.39 is 28.5 Å². The van der Waals surface area contributed by atoms with Crippen molar-refractivity contribution in [2.24, 2.45) is 0 Å². The first-order valence-corrected chi connectivity index (χ1v) is 15.6. The highest BCUT2D eigenvalue weighted by Gasteiger charge is 2.34. The van der Waals surface area contributed by atoms with Crippen LogP contribution in [-0.2, 0) is 32.6 Å². The average molecular weight is 584 g/mol. The maximum atomic E-state index is 14.2. The molecule has 0 unspecified atom stereocenters. The second-order valence-electron chi connectivity index (χ2n) is 10.1. The lowest BCUT2D eigenvalue weighted by atomic mass is 10.0. The molecule has 0 spiro atoms. The van der Waals surface area contributed by atoms with Gasteiger partial charge in [-0.2, -0.15) is 0 Å². The SMILES string of the molecule is CC[C@H](C)NC(=O)[C@@H](Cc1ccccc1)N(Cc1ccccc1Cl)C(=O)CN(c1cccc(C)c1C)S(C)(=O)=O. The van der Waals surface area contributed by atoms with Crippen LogP contribution in [0.3, 0.4) is 0 Å². The van der Waals surface area contributed by atoms with Crippen molar-refractivity contribution in [1.82, 2.24) is 10.2 Å². The van der Waals surface area contributed by atoms with Crippen molar-refractivity contribution in [2.45, 2.75) is 59.2 Å². The molecule has 0 heterocycles. The fraction of sp³-hybridized carbons (Fsp3) is 0.355. The van der Waals surface area contributed by atoms with Crippen LogP contribution in [0.2, 0.25) is 5.02 Å². The topological polar surface area (TPSA) is 86.8 Å². The molecule has 3 rings (SSSR count). The van der Waals surface area contributed by atoms with Crippen molar-refractivity contribution in [2.75, 3.05) is 17.1 Å². The Morgan fingerprint density at radius 3 is 2.23 bits per heavy atom. The van der Waals surface area contributed by atoms with E-state index in [9.17, 15) is 18.0 Å². The van der Waals surface area contributed by atoms with Crippen LogP contribution in [0, 0.1) is 13.8 Å². The molecule has 0 radical (unpaired) electrons. The summed E-state index contributed by atoms with van der Waals surface area (Å²) in [5.74, 6) is -0.817. The first kappa shape index (κ1) is 31.2. The number of hydrogen-bond acceptors (Lipinski definition) is 4. The third kappa shape index (κ3) is 8.08. The molecule has 0 aromatic heterocycles. The number of nitrogens with one attached hydrogen (secondary N) is 1. The summed E-state index contributed by atoms with van der Waals surface area (Å²) < 4.78 is 27.1. The van der Waals surface area contributed by atoms with E-state index in [-0.39, 0.29) is 24.9 Å². The van der Waals surface area contributed by atoms with E-state index in [1.807, 2.05) is 70.2 Å². The predicted octanol–water partition coefficient (Wildman–Crippen LogP) is 5.28. The molecular weight excluding hydrogens is 546 g/mol. The molecule has 0 bridgehead atoms. The van der Waals surface area contributed by atoms with Crippen LogP contribution >= 0.6 is 11.6 Å². The molecule has 3 aromatic carbocycles. The van der Waals surface area contributed by atoms with Gasteiger partial charge in [-0.1, -0.05) is 79.2 Å². The smallest absolute Gasteiger partial charge is 0.244 e. The fourth-order valence-electron chi connectivity index (χ4n) is 4.41. The number of benzene rings is 3. The van der Waals surface area contributed by atoms with Gasteiger partial charge >= 0.3 is 0 Å². The molecule has 9 heteroatoms. The van der Waals surface area contributed by atoms with Crippen LogP contribution in [0.1, 0.15) is 42.5 Å². The van der Waals surface area contributed by atoms with Crippen molar-refractivity contribution in [3.05, 3.63) is 100 Å². The summed E-state index contributed by atoms with van der Waals surface area (Å²) in [6, 6.07) is 20.9. The van der Waals surface area contributed by atoms with Gasteiger partial charge in [-0.3, -0.25) is 13.9 Å². The lowest BCUT2D eigenvalue weighted by Crippen LogP contribution is -2.54. The molecule has 1 N–H and O–H groups in total. The molecule has 0 saturated heterocycles. The molecule has 0 aliphatic rings. The Labute approximate surface area is 243 Å². The molecule has 40 heavy (non-hydrogen) atoms. The third-order valence-corrected chi connectivity index (χ3v) is 8.59. The fourth-order valence-corrected chi connectivity index (χ4v) is 5.50. The van der Waals surface area contributed by atoms with Crippen LogP contribution in [-0.4, -0.2) is 50.0 Å². The number of amides is 2. The Bertz CT molecular complexity index is 1430. The lowest BCUT2D eigenvalue weighted by molar-refractivity contribution is -0.140. The Morgan fingerprint density at radius 2 is 1.60 bits per heavy atom. The van der Waals surface area contributed by atoms with Crippen molar-refractivity contribution >= 4 is 39.1 Å². The number of carbonyl (C=O) groups is 2. The number of nitrogens with zero attached hydrogens (tertiary/aromatic N) is 2. The minimum absolute atomic E-state index is 0.0360. The van der Waals surface area contributed by atoms with Crippen LogP contribution in [0.4, 0.5) is 5.69 Å². The molecule has 7 nitrogen and oxygen atoms in total. The van der Waals surface area contributed by atoms with Gasteiger partial charge in [-0.25, -0.2) is 8.42 Å². The summed E-state index contributed by atoms with van der Waals surface area (Å²) in [4.78, 5) is 29.3. The molecule has 2 atom stereocenters. The highest BCUT2D eigenvalue weighted by Crippen LogP contribution is 2.26. The number of rotatable bonds is 12. The van der Waals surface area contributed by atoms with Crippen molar-refractivity contribution < 1.29 is 18.0 Å². The Hall–Kier alpha value is -3.36. The quantitative estimate of drug-likeness (QED) is 0.314. The van der Waals surface area contributed by atoms with Crippen LogP contribution < -0.4 is 9.62 Å². The number of carbonyl (C=O) groups excluding carboxylic acids is 2. The van der Waals surface area contributed by atoms with Gasteiger partial charge in [0.05, 0.1) is 11.9 Å². The second-order valence-corrected chi connectivity index (χ2v) is 12.4. The van der Waals surface area contributed by atoms with Crippen LogP contribution in [0.15, 0.2) is 72.8 Å². The summed E-state index contributed by atoms with van der Waals surface area (Å²) >= 11 is 6.49. The average Bonchev–Trinajstić information content (AvgIpc) is 2.91. The van der Waals surface area contributed by atoms with E-state index >= 15 is 0 Å². The number of hydrogen-bond donors (Lipinski definition) is 1. The second kappa shape index (κ2) is 13.8. The van der Waals surface area contributed by atoms with Crippen molar-refractivity contribution in [3.63, 3.8) is 0 Å². The molecule has 0 aliphatic heterocycles. The molecule has 0 fully saturated rings. The summed E-state index contributed by atoms with van der Waals surface area (Å²) in [5.41, 5.74) is 3.62. The lowest BCUT2D eigenvalue weighted by Gasteiger charge is -2.34. The van der Waals surface area contributed by atoms with Gasteiger partial charge in [0.2, 0.25) is 21.8 Å². The summed E-state index contributed by atoms with van der Waals surface area (Å²) in [5, 5.41) is 3.47. The zero-order valence-electron chi connectivity index (χ0n) is 23.7. The summed E-state index contributed by atoms with van der Waals surface area (Å²) in [6.45, 7) is 7.16. The van der Waals surface area contributed by atoms with Gasteiger partial charge in [0.25, 0.3) is 0 Å². The normalized spacial score (nSPS) is 12.8. The highest BCUT2D eigenvalue weighted by atomic mass is 35.5. The minimum Gasteiger partial charge on any atom is -0.352 e. The predicted molar refractivity (Wildman–Crippen MR) is 162 cm³/mol. The zero-order valence-corrected chi connectivity index (χ0v) is 25.3. The molecule has 3 aromatic rings. The first-order chi connectivity index (χ1) is 18.9. The number of halogens is 1. The van der Waals surface area contributed by atoms with Gasteiger partial charge in [0.1, 0.15) is 12.6 Å². The summed E-state index contributed by atoms with van der Waals surface area (Å²) in [7, 11) is -3.84. The van der Waals surface area contributed by atoms with Gasteiger partial charge < -0.3 is 10.2 Å². The highest BCUT2D eigenvalue weighted by molar-refractivity contribution is 7.92. The van der Waals surface area contributed by atoms with E-state index in [0.29, 0.717) is 16.3 Å². The Balaban J connectivity index is 2.10. The third-order valence-electron chi connectivity index (χ3n) is 7.09. The van der Waals surface area contributed by atoms with Gasteiger partial charge in [-0.15, -0.1) is 0 Å². The number of anilines is 1. The minimum atomic E-state index is -3.84. The molecule has 0 saturated carbocycles. The Kier molecular flexibility index (Phi) is 10.8. The number of aryl methyl sites for hydroxylation is 1. The van der Waals surface area contributed by atoms with E-state index in [1.165, 1.54) is 4.90 Å². The summed E-state index contributed by atoms with van der Waals surface area (Å²) in [6.07, 6.45) is 2.05. The Morgan fingerprint density at radius 1 is 0.950 bits per heavy atom. The first-order valence-electron chi connectivity index (χ1n) is 13.3. The van der Waals surface area contributed by atoms with Crippen LogP contribution in [0.25, 0.3) is 0 Å². The van der Waals surface area contributed by atoms with Crippen molar-refractivity contribution in [1.29, 1.82) is 0 Å². The van der Waals surface area contributed by atoms with Gasteiger partial charge in [0, 0.05) is 24.0 Å². The standard InChI is InChI=1S/C31H38ClN3O4S/c1-6-23(3)33-31(37)29(19-25-14-8-7-9-15-25)34(20-26-16-10-11-17-27(26)32)30(36)21-35(40(5,38)39)28-18-12-13-22(2)24(28)4/h7-18,23,29H,6,19-21H2,1-5H3,(H,33,37)/t23-,29+/m0/s1. The van der Waals surface area contributed by atoms with E-state index in [2.05, 4.69) is 5.32 Å². The molecular formula is C31H38ClN3O4S. The van der Waals surface area contributed by atoms with Gasteiger partial charge in [0.15, 0.2) is 0 Å². The van der Waals surface area contributed by atoms with E-state index in [1.54, 1.807) is 30.3 Å². The molecule has 2 amide bonds. The van der Waals surface area contributed by atoms with E-state index in [0.717, 1.165) is 33.7 Å². The maximum absolute atomic E-state index is 14.2. The molecule has 214 valence electrons. The zero-order chi connectivity index (χ0) is 29.4. The largest absolute Gasteiger partial charge is 0.352 e. The molecule has 0 aliphatic carbocycles. The van der Waals surface area contributed by atoms with Crippen LogP contribution in [0.5, 0.6) is 0 Å². The van der Waals surface area contributed by atoms with E-state index in [4.69, 9.17) is 11.6 Å². The number of sulfonamides is 1. The monoisotopic (exact) mass is 583 g/mol. The van der Waals surface area contributed by atoms with Gasteiger partial charge in [-0.05, 0) is 61.6 Å². The van der Waals surface area contributed by atoms with Crippen molar-refractivity contribution in [3.8, 4) is 0 Å².